The van der Waals surface area contributed by atoms with Crippen LogP contribution in [0.5, 0.6) is 5.75 Å². The average molecular weight is 246 g/mol. The summed E-state index contributed by atoms with van der Waals surface area (Å²) in [6.07, 6.45) is -1.17. The third-order valence-corrected chi connectivity index (χ3v) is 3.11. The highest BCUT2D eigenvalue weighted by molar-refractivity contribution is 7.90. The van der Waals surface area contributed by atoms with Crippen LogP contribution >= 0.6 is 0 Å². The van der Waals surface area contributed by atoms with Gasteiger partial charge in [-0.05, 0) is 6.07 Å². The van der Waals surface area contributed by atoms with Crippen LogP contribution < -0.4 is 0 Å². The molecule has 6 nitrogen and oxygen atoms in total. The van der Waals surface area contributed by atoms with Gasteiger partial charge in [0.15, 0.2) is 15.9 Å². The minimum Gasteiger partial charge on any atom is -0.507 e. The molecule has 3 N–H and O–H groups in total. The van der Waals surface area contributed by atoms with Crippen LogP contribution in [0.3, 0.4) is 0 Å². The third-order valence-electron chi connectivity index (χ3n) is 1.92. The molecule has 0 amide bonds. The summed E-state index contributed by atoms with van der Waals surface area (Å²) in [6, 6.07) is 3.49. The number of phenolic OH excluding ortho intramolecular Hbond substituents is 1. The molecular formula is C9H10O6S. The van der Waals surface area contributed by atoms with Crippen molar-refractivity contribution in [2.45, 2.75) is 11.0 Å². The lowest BCUT2D eigenvalue weighted by Gasteiger charge is -2.11. The standard InChI is InChI=1S/C9H10O6S/c1-16(14,15)8-5(7(11)9(12)13)3-2-4-6(8)10/h2-4,7,10-11H,1H3,(H,12,13). The van der Waals surface area contributed by atoms with Crippen molar-refractivity contribution in [3.63, 3.8) is 0 Å². The van der Waals surface area contributed by atoms with Crippen molar-refractivity contribution in [1.29, 1.82) is 0 Å². The molecule has 88 valence electrons. The summed E-state index contributed by atoms with van der Waals surface area (Å²) in [7, 11) is -3.82. The number of aromatic hydroxyl groups is 1. The fourth-order valence-electron chi connectivity index (χ4n) is 1.29. The van der Waals surface area contributed by atoms with Crippen molar-refractivity contribution in [2.24, 2.45) is 0 Å². The van der Waals surface area contributed by atoms with E-state index in [1.54, 1.807) is 0 Å². The van der Waals surface area contributed by atoms with Gasteiger partial charge in [-0.15, -0.1) is 0 Å². The largest absolute Gasteiger partial charge is 0.507 e. The van der Waals surface area contributed by atoms with Crippen LogP contribution in [0.15, 0.2) is 23.1 Å². The lowest BCUT2D eigenvalue weighted by atomic mass is 10.1. The van der Waals surface area contributed by atoms with Crippen LogP contribution in [0.4, 0.5) is 0 Å². The number of rotatable bonds is 3. The van der Waals surface area contributed by atoms with Gasteiger partial charge in [0.1, 0.15) is 10.6 Å². The Hall–Kier alpha value is -1.60. The van der Waals surface area contributed by atoms with Gasteiger partial charge in [-0.1, -0.05) is 12.1 Å². The van der Waals surface area contributed by atoms with E-state index < -0.39 is 32.6 Å². The predicted octanol–water partition coefficient (Wildman–Crippen LogP) is -0.0863. The number of aliphatic hydroxyl groups is 1. The first-order valence-electron chi connectivity index (χ1n) is 4.18. The van der Waals surface area contributed by atoms with E-state index in [0.29, 0.717) is 0 Å². The molecule has 1 aromatic rings. The first-order chi connectivity index (χ1) is 7.25. The molecule has 0 aliphatic carbocycles. The lowest BCUT2D eigenvalue weighted by Crippen LogP contribution is -2.14. The van der Waals surface area contributed by atoms with Gasteiger partial charge in [0.2, 0.25) is 0 Å². The van der Waals surface area contributed by atoms with E-state index in [1.807, 2.05) is 0 Å². The van der Waals surface area contributed by atoms with Gasteiger partial charge in [0.05, 0.1) is 0 Å². The molecule has 0 bridgehead atoms. The summed E-state index contributed by atoms with van der Waals surface area (Å²) in [5.74, 6) is -2.17. The molecule has 1 rings (SSSR count). The zero-order valence-corrected chi connectivity index (χ0v) is 9.10. The molecule has 0 aromatic heterocycles. The highest BCUT2D eigenvalue weighted by Crippen LogP contribution is 2.30. The number of phenols is 1. The van der Waals surface area contributed by atoms with E-state index in [1.165, 1.54) is 6.07 Å². The Balaban J connectivity index is 3.53. The van der Waals surface area contributed by atoms with Crippen molar-refractivity contribution in [3.05, 3.63) is 23.8 Å². The van der Waals surface area contributed by atoms with Crippen LogP contribution in [-0.2, 0) is 14.6 Å². The summed E-state index contributed by atoms with van der Waals surface area (Å²) in [5, 5.41) is 27.3. The summed E-state index contributed by atoms with van der Waals surface area (Å²) in [5.41, 5.74) is -0.352. The Labute approximate surface area is 91.7 Å². The number of benzene rings is 1. The Morgan fingerprint density at radius 3 is 2.38 bits per heavy atom. The molecule has 7 heteroatoms. The minimum absolute atomic E-state index is 0.352. The maximum Gasteiger partial charge on any atom is 0.337 e. The second-order valence-electron chi connectivity index (χ2n) is 3.21. The molecule has 16 heavy (non-hydrogen) atoms. The van der Waals surface area contributed by atoms with Gasteiger partial charge >= 0.3 is 5.97 Å². The molecule has 0 saturated heterocycles. The molecule has 0 fully saturated rings. The lowest BCUT2D eigenvalue weighted by molar-refractivity contribution is -0.147. The molecule has 1 aromatic carbocycles. The fourth-order valence-corrected chi connectivity index (χ4v) is 2.35. The number of sulfone groups is 1. The number of carboxylic acids is 1. The van der Waals surface area contributed by atoms with Crippen molar-refractivity contribution >= 4 is 15.8 Å². The van der Waals surface area contributed by atoms with Crippen molar-refractivity contribution in [2.75, 3.05) is 6.26 Å². The van der Waals surface area contributed by atoms with Crippen LogP contribution in [0.25, 0.3) is 0 Å². The zero-order valence-electron chi connectivity index (χ0n) is 8.28. The van der Waals surface area contributed by atoms with Crippen molar-refractivity contribution in [3.8, 4) is 5.75 Å². The van der Waals surface area contributed by atoms with Gasteiger partial charge in [0, 0.05) is 11.8 Å². The van der Waals surface area contributed by atoms with Crippen molar-refractivity contribution < 1.29 is 28.5 Å². The summed E-state index contributed by atoms with van der Waals surface area (Å²) < 4.78 is 22.7. The topological polar surface area (TPSA) is 112 Å². The van der Waals surface area contributed by atoms with Crippen LogP contribution in [-0.4, -0.2) is 36.0 Å². The zero-order chi connectivity index (χ0) is 12.5. The normalized spacial score (nSPS) is 13.4. The Kier molecular flexibility index (Phi) is 3.20. The number of hydrogen-bond donors (Lipinski definition) is 3. The van der Waals surface area contributed by atoms with E-state index in [4.69, 9.17) is 5.11 Å². The Bertz CT molecular complexity index is 519. The molecule has 0 aliphatic rings. The summed E-state index contributed by atoms with van der Waals surface area (Å²) in [6.45, 7) is 0. The number of carboxylic acid groups (broad SMARTS) is 1. The Morgan fingerprint density at radius 1 is 1.38 bits per heavy atom. The van der Waals surface area contributed by atoms with E-state index in [2.05, 4.69) is 0 Å². The number of aliphatic carboxylic acids is 1. The quantitative estimate of drug-likeness (QED) is 0.687. The van der Waals surface area contributed by atoms with Crippen LogP contribution in [0.2, 0.25) is 0 Å². The Morgan fingerprint density at radius 2 is 1.94 bits per heavy atom. The number of aliphatic hydroxyl groups excluding tert-OH is 1. The molecule has 0 spiro atoms. The first-order valence-corrected chi connectivity index (χ1v) is 6.07. The number of carbonyl (C=O) groups is 1. The highest BCUT2D eigenvalue weighted by Gasteiger charge is 2.26. The maximum atomic E-state index is 11.3. The van der Waals surface area contributed by atoms with E-state index in [9.17, 15) is 23.4 Å². The molecule has 1 unspecified atom stereocenters. The number of hydrogen-bond acceptors (Lipinski definition) is 5. The molecule has 0 heterocycles. The first kappa shape index (κ1) is 12.5. The molecular weight excluding hydrogens is 236 g/mol. The molecule has 0 saturated carbocycles. The summed E-state index contributed by atoms with van der Waals surface area (Å²) >= 11 is 0. The second kappa shape index (κ2) is 4.11. The van der Waals surface area contributed by atoms with Gasteiger partial charge in [-0.25, -0.2) is 13.2 Å². The second-order valence-corrected chi connectivity index (χ2v) is 5.16. The molecule has 1 atom stereocenters. The van der Waals surface area contributed by atoms with E-state index in [-0.39, 0.29) is 5.56 Å². The predicted molar refractivity (Wildman–Crippen MR) is 53.8 cm³/mol. The summed E-state index contributed by atoms with van der Waals surface area (Å²) in [4.78, 5) is 10.00. The van der Waals surface area contributed by atoms with Crippen LogP contribution in [0.1, 0.15) is 11.7 Å². The van der Waals surface area contributed by atoms with Crippen LogP contribution in [0, 0.1) is 0 Å². The molecule has 0 radical (unpaired) electrons. The maximum absolute atomic E-state index is 11.3. The van der Waals surface area contributed by atoms with Gasteiger partial charge in [-0.2, -0.15) is 0 Å². The van der Waals surface area contributed by atoms with Gasteiger partial charge in [0.25, 0.3) is 0 Å². The highest BCUT2D eigenvalue weighted by atomic mass is 32.2. The van der Waals surface area contributed by atoms with E-state index in [0.717, 1.165) is 18.4 Å². The molecule has 0 aliphatic heterocycles. The SMILES string of the molecule is CS(=O)(=O)c1c(O)cccc1C(O)C(=O)O. The smallest absolute Gasteiger partial charge is 0.337 e. The van der Waals surface area contributed by atoms with Gasteiger partial charge in [-0.3, -0.25) is 0 Å². The third kappa shape index (κ3) is 2.31. The van der Waals surface area contributed by atoms with E-state index >= 15 is 0 Å². The van der Waals surface area contributed by atoms with Gasteiger partial charge < -0.3 is 15.3 Å². The minimum atomic E-state index is -3.82. The fraction of sp³-hybridized carbons (Fsp3) is 0.222. The van der Waals surface area contributed by atoms with Crippen molar-refractivity contribution in [1.82, 2.24) is 0 Å². The monoisotopic (exact) mass is 246 g/mol. The average Bonchev–Trinajstić information content (AvgIpc) is 2.14.